The molecule has 1 fully saturated rings. The van der Waals surface area contributed by atoms with E-state index in [1.54, 1.807) is 6.26 Å². The van der Waals surface area contributed by atoms with Crippen molar-refractivity contribution in [2.24, 2.45) is 11.8 Å². The smallest absolute Gasteiger partial charge is 0.237 e. The van der Waals surface area contributed by atoms with Gasteiger partial charge in [0.05, 0.1) is 6.04 Å². The summed E-state index contributed by atoms with van der Waals surface area (Å²) in [6, 6.07) is 10.6. The van der Waals surface area contributed by atoms with E-state index in [1.165, 1.54) is 5.56 Å². The van der Waals surface area contributed by atoms with Gasteiger partial charge in [0.25, 0.3) is 0 Å². The first-order valence-corrected chi connectivity index (χ1v) is 6.47. The molecule has 1 heterocycles. The number of nitrogens with one attached hydrogen (secondary N) is 1. The molecule has 0 bridgehead atoms. The molecular formula is C14H17N3O2. The number of hydroxylamine groups is 2. The van der Waals surface area contributed by atoms with Crippen LogP contribution in [0, 0.1) is 5.92 Å². The van der Waals surface area contributed by atoms with E-state index in [9.17, 15) is 4.79 Å². The van der Waals surface area contributed by atoms with Gasteiger partial charge in [-0.1, -0.05) is 30.3 Å². The number of rotatable bonds is 3. The standard InChI is InChI=1S/C14H17N3O2/c15-16-14(18)11-8-12(9-11)17-13(6-7-19-17)10-4-2-1-3-5-10/h1-7,11-13H,8-9,15H2,(H,16,18). The lowest BCUT2D eigenvalue weighted by Gasteiger charge is -2.41. The summed E-state index contributed by atoms with van der Waals surface area (Å²) in [6.45, 7) is 0. The normalized spacial score (nSPS) is 29.6. The Morgan fingerprint density at radius 1 is 1.32 bits per heavy atom. The van der Waals surface area contributed by atoms with Gasteiger partial charge >= 0.3 is 0 Å². The van der Waals surface area contributed by atoms with Crippen molar-refractivity contribution in [3.63, 3.8) is 0 Å². The van der Waals surface area contributed by atoms with E-state index in [1.807, 2.05) is 29.3 Å². The molecule has 3 N–H and O–H groups in total. The van der Waals surface area contributed by atoms with Gasteiger partial charge in [0.1, 0.15) is 6.26 Å². The molecular weight excluding hydrogens is 242 g/mol. The van der Waals surface area contributed by atoms with Crippen molar-refractivity contribution in [1.82, 2.24) is 10.5 Å². The second-order valence-corrected chi connectivity index (χ2v) is 4.98. The summed E-state index contributed by atoms with van der Waals surface area (Å²) in [5, 5.41) is 1.97. The zero-order valence-corrected chi connectivity index (χ0v) is 10.5. The third kappa shape index (κ3) is 2.22. The van der Waals surface area contributed by atoms with E-state index < -0.39 is 0 Å². The lowest BCUT2D eigenvalue weighted by atomic mass is 9.79. The van der Waals surface area contributed by atoms with Crippen LogP contribution >= 0.6 is 0 Å². The Morgan fingerprint density at radius 3 is 2.74 bits per heavy atom. The minimum Gasteiger partial charge on any atom is -0.413 e. The van der Waals surface area contributed by atoms with Crippen LogP contribution in [-0.2, 0) is 9.63 Å². The zero-order valence-electron chi connectivity index (χ0n) is 10.5. The average Bonchev–Trinajstić information content (AvgIpc) is 2.87. The highest BCUT2D eigenvalue weighted by Crippen LogP contribution is 2.39. The fraction of sp³-hybridized carbons (Fsp3) is 0.357. The molecule has 100 valence electrons. The summed E-state index contributed by atoms with van der Waals surface area (Å²) in [6.07, 6.45) is 5.32. The van der Waals surface area contributed by atoms with Crippen molar-refractivity contribution >= 4 is 5.91 Å². The predicted octanol–water partition coefficient (Wildman–Crippen LogP) is 1.26. The number of benzene rings is 1. The molecule has 3 rings (SSSR count). The molecule has 1 aromatic rings. The monoisotopic (exact) mass is 259 g/mol. The van der Waals surface area contributed by atoms with Crippen LogP contribution in [0.1, 0.15) is 24.4 Å². The molecule has 1 aromatic carbocycles. The number of nitrogens with zero attached hydrogens (tertiary/aromatic N) is 1. The van der Waals surface area contributed by atoms with E-state index in [0.717, 1.165) is 12.8 Å². The van der Waals surface area contributed by atoms with Gasteiger partial charge < -0.3 is 4.84 Å². The largest absolute Gasteiger partial charge is 0.413 e. The van der Waals surface area contributed by atoms with Gasteiger partial charge in [0.2, 0.25) is 5.91 Å². The number of amides is 1. The third-order valence-electron chi connectivity index (χ3n) is 3.84. The van der Waals surface area contributed by atoms with Gasteiger partial charge in [0, 0.05) is 12.0 Å². The van der Waals surface area contributed by atoms with Crippen LogP contribution in [0.25, 0.3) is 0 Å². The van der Waals surface area contributed by atoms with Crippen molar-refractivity contribution in [1.29, 1.82) is 0 Å². The summed E-state index contributed by atoms with van der Waals surface area (Å²) in [7, 11) is 0. The summed E-state index contributed by atoms with van der Waals surface area (Å²) < 4.78 is 0. The highest BCUT2D eigenvalue weighted by molar-refractivity contribution is 5.79. The van der Waals surface area contributed by atoms with Crippen molar-refractivity contribution < 1.29 is 9.63 Å². The Bertz CT molecular complexity index is 483. The minimum absolute atomic E-state index is 0.00984. The molecule has 0 radical (unpaired) electrons. The first kappa shape index (κ1) is 12.2. The van der Waals surface area contributed by atoms with Crippen LogP contribution in [0.3, 0.4) is 0 Å². The second-order valence-electron chi connectivity index (χ2n) is 4.98. The van der Waals surface area contributed by atoms with Crippen molar-refractivity contribution in [2.45, 2.75) is 24.9 Å². The van der Waals surface area contributed by atoms with Crippen LogP contribution in [0.5, 0.6) is 0 Å². The topological polar surface area (TPSA) is 67.6 Å². The van der Waals surface area contributed by atoms with Gasteiger partial charge in [-0.15, -0.1) is 5.06 Å². The van der Waals surface area contributed by atoms with E-state index >= 15 is 0 Å². The average molecular weight is 259 g/mol. The fourth-order valence-corrected chi connectivity index (χ4v) is 2.68. The van der Waals surface area contributed by atoms with Crippen LogP contribution in [0.2, 0.25) is 0 Å². The summed E-state index contributed by atoms with van der Waals surface area (Å²) in [5.41, 5.74) is 3.40. The predicted molar refractivity (Wildman–Crippen MR) is 70.1 cm³/mol. The number of hydrazine groups is 1. The van der Waals surface area contributed by atoms with E-state index in [0.29, 0.717) is 0 Å². The number of nitrogens with two attached hydrogens (primary N) is 1. The molecule has 1 aliphatic heterocycles. The maximum atomic E-state index is 11.4. The van der Waals surface area contributed by atoms with E-state index in [2.05, 4.69) is 17.6 Å². The first-order chi connectivity index (χ1) is 9.29. The lowest BCUT2D eigenvalue weighted by Crippen LogP contribution is -2.50. The third-order valence-corrected chi connectivity index (χ3v) is 3.84. The first-order valence-electron chi connectivity index (χ1n) is 6.47. The maximum absolute atomic E-state index is 11.4. The van der Waals surface area contributed by atoms with Crippen LogP contribution in [0.4, 0.5) is 0 Å². The summed E-state index contributed by atoms with van der Waals surface area (Å²) in [5.74, 6) is 5.07. The Kier molecular flexibility index (Phi) is 3.23. The number of carbonyl (C=O) groups is 1. The van der Waals surface area contributed by atoms with Crippen molar-refractivity contribution in [2.75, 3.05) is 0 Å². The number of carbonyl (C=O) groups excluding carboxylic acids is 1. The van der Waals surface area contributed by atoms with Gasteiger partial charge in [0.15, 0.2) is 0 Å². The molecule has 1 aliphatic carbocycles. The Hall–Kier alpha value is -1.85. The van der Waals surface area contributed by atoms with Crippen molar-refractivity contribution in [3.8, 4) is 0 Å². The van der Waals surface area contributed by atoms with Crippen LogP contribution in [-0.4, -0.2) is 17.0 Å². The van der Waals surface area contributed by atoms with E-state index in [4.69, 9.17) is 10.7 Å². The molecule has 1 atom stereocenters. The quantitative estimate of drug-likeness (QED) is 0.487. The highest BCUT2D eigenvalue weighted by atomic mass is 16.7. The molecule has 5 nitrogen and oxygen atoms in total. The molecule has 19 heavy (non-hydrogen) atoms. The summed E-state index contributed by atoms with van der Waals surface area (Å²) >= 11 is 0. The number of hydrogen-bond acceptors (Lipinski definition) is 4. The Balaban J connectivity index is 1.65. The molecule has 0 aromatic heterocycles. The van der Waals surface area contributed by atoms with Gasteiger partial charge in [-0.25, -0.2) is 5.84 Å². The minimum atomic E-state index is -0.0836. The molecule has 5 heteroatoms. The molecule has 2 aliphatic rings. The molecule has 1 amide bonds. The molecule has 0 saturated heterocycles. The SMILES string of the molecule is NNC(=O)C1CC(N2OC=CC2c2ccccc2)C1. The zero-order chi connectivity index (χ0) is 13.2. The van der Waals surface area contributed by atoms with Crippen LogP contribution in [0.15, 0.2) is 42.7 Å². The Morgan fingerprint density at radius 2 is 2.05 bits per heavy atom. The Labute approximate surface area is 111 Å². The maximum Gasteiger partial charge on any atom is 0.237 e. The molecule has 0 spiro atoms. The fourth-order valence-electron chi connectivity index (χ4n) is 2.68. The molecule has 1 saturated carbocycles. The lowest BCUT2D eigenvalue weighted by molar-refractivity contribution is -0.173. The van der Waals surface area contributed by atoms with Gasteiger partial charge in [-0.05, 0) is 24.5 Å². The van der Waals surface area contributed by atoms with Crippen molar-refractivity contribution in [3.05, 3.63) is 48.2 Å². The van der Waals surface area contributed by atoms with Crippen LogP contribution < -0.4 is 11.3 Å². The second kappa shape index (κ2) is 5.03. The van der Waals surface area contributed by atoms with E-state index in [-0.39, 0.29) is 23.9 Å². The highest BCUT2D eigenvalue weighted by Gasteiger charge is 2.42. The number of hydrogen-bond donors (Lipinski definition) is 2. The van der Waals surface area contributed by atoms with Gasteiger partial charge in [-0.2, -0.15) is 0 Å². The summed E-state index contributed by atoms with van der Waals surface area (Å²) in [4.78, 5) is 17.0. The van der Waals surface area contributed by atoms with Gasteiger partial charge in [-0.3, -0.25) is 10.2 Å². The molecule has 1 unspecified atom stereocenters.